The third-order valence-electron chi connectivity index (χ3n) is 3.37. The van der Waals surface area contributed by atoms with Crippen LogP contribution in [0.2, 0.25) is 0 Å². The van der Waals surface area contributed by atoms with E-state index in [9.17, 15) is 9.18 Å². The van der Waals surface area contributed by atoms with Crippen LogP contribution in [0.15, 0.2) is 18.2 Å². The first-order valence-corrected chi connectivity index (χ1v) is 5.85. The van der Waals surface area contributed by atoms with Crippen molar-refractivity contribution in [1.29, 1.82) is 0 Å². The predicted octanol–water partition coefficient (Wildman–Crippen LogP) is 2.73. The highest BCUT2D eigenvalue weighted by Gasteiger charge is 2.25. The van der Waals surface area contributed by atoms with Gasteiger partial charge >= 0.3 is 5.97 Å². The summed E-state index contributed by atoms with van der Waals surface area (Å²) in [7, 11) is 0. The van der Waals surface area contributed by atoms with Crippen molar-refractivity contribution in [3.05, 3.63) is 35.5 Å². The fraction of sp³-hybridized carbons (Fsp3) is 0.308. The lowest BCUT2D eigenvalue weighted by Crippen LogP contribution is -2.15. The number of halogens is 1. The summed E-state index contributed by atoms with van der Waals surface area (Å²) in [5.74, 6) is -1.48. The zero-order valence-corrected chi connectivity index (χ0v) is 9.56. The summed E-state index contributed by atoms with van der Waals surface area (Å²) >= 11 is 0. The molecule has 0 atom stereocenters. The Bertz CT molecular complexity index is 638. The van der Waals surface area contributed by atoms with Gasteiger partial charge in [-0.05, 0) is 31.0 Å². The number of hydrogen-bond donors (Lipinski definition) is 1. The van der Waals surface area contributed by atoms with Crippen LogP contribution in [0.3, 0.4) is 0 Å². The molecule has 1 aliphatic rings. The largest absolute Gasteiger partial charge is 0.475 e. The van der Waals surface area contributed by atoms with E-state index in [0.717, 1.165) is 19.3 Å². The Balaban J connectivity index is 2.27. The fourth-order valence-electron chi connectivity index (χ4n) is 2.21. The van der Waals surface area contributed by atoms with Crippen molar-refractivity contribution in [2.24, 2.45) is 0 Å². The quantitative estimate of drug-likeness (QED) is 0.884. The number of aromatic nitrogens is 2. The minimum Gasteiger partial charge on any atom is -0.475 e. The van der Waals surface area contributed by atoms with E-state index in [1.807, 2.05) is 0 Å². The average molecular weight is 246 g/mol. The van der Waals surface area contributed by atoms with Crippen molar-refractivity contribution in [3.63, 3.8) is 0 Å². The Morgan fingerprint density at radius 1 is 1.33 bits per heavy atom. The topological polar surface area (TPSA) is 63.1 Å². The summed E-state index contributed by atoms with van der Waals surface area (Å²) in [4.78, 5) is 19.0. The molecule has 0 aliphatic heterocycles. The average Bonchev–Trinajstić information content (AvgIpc) is 2.27. The number of nitrogens with zero attached hydrogens (tertiary/aromatic N) is 2. The van der Waals surface area contributed by atoms with E-state index in [4.69, 9.17) is 5.11 Å². The molecule has 92 valence electrons. The third kappa shape index (κ3) is 1.72. The smallest absolute Gasteiger partial charge is 0.373 e. The highest BCUT2D eigenvalue weighted by atomic mass is 19.1. The molecule has 1 aliphatic carbocycles. The molecule has 3 rings (SSSR count). The number of carbonyl (C=O) groups is 1. The summed E-state index contributed by atoms with van der Waals surface area (Å²) in [6.07, 6.45) is 3.05. The summed E-state index contributed by atoms with van der Waals surface area (Å²) in [5.41, 5.74) is 1.16. The maximum absolute atomic E-state index is 13.3. The van der Waals surface area contributed by atoms with Crippen molar-refractivity contribution in [2.45, 2.75) is 25.2 Å². The highest BCUT2D eigenvalue weighted by molar-refractivity contribution is 5.88. The standard InChI is InChI=1S/C13H11FN2O2/c14-8-4-5-10-9(6-8)11(7-2-1-3-7)16-12(15-10)13(17)18/h4-7H,1-3H2,(H,17,18). The van der Waals surface area contributed by atoms with Crippen LogP contribution in [0.5, 0.6) is 0 Å². The van der Waals surface area contributed by atoms with E-state index in [1.54, 1.807) is 0 Å². The van der Waals surface area contributed by atoms with Gasteiger partial charge in [-0.1, -0.05) is 6.42 Å². The molecule has 18 heavy (non-hydrogen) atoms. The molecule has 1 heterocycles. The van der Waals surface area contributed by atoms with Gasteiger partial charge in [0.25, 0.3) is 0 Å². The SMILES string of the molecule is O=C(O)c1nc(C2CCC2)c2cc(F)ccc2n1. The molecule has 0 unspecified atom stereocenters. The zero-order chi connectivity index (χ0) is 12.7. The number of benzene rings is 1. The lowest BCUT2D eigenvalue weighted by Gasteiger charge is -2.25. The van der Waals surface area contributed by atoms with E-state index in [0.29, 0.717) is 16.6 Å². The maximum atomic E-state index is 13.3. The molecular formula is C13H11FN2O2. The summed E-state index contributed by atoms with van der Waals surface area (Å²) in [6, 6.07) is 4.17. The van der Waals surface area contributed by atoms with Gasteiger partial charge in [0, 0.05) is 11.3 Å². The lowest BCUT2D eigenvalue weighted by atomic mass is 9.81. The molecule has 0 radical (unpaired) electrons. The van der Waals surface area contributed by atoms with Crippen molar-refractivity contribution in [3.8, 4) is 0 Å². The van der Waals surface area contributed by atoms with E-state index in [2.05, 4.69) is 9.97 Å². The van der Waals surface area contributed by atoms with E-state index in [-0.39, 0.29) is 17.6 Å². The number of aromatic carboxylic acids is 1. The van der Waals surface area contributed by atoms with Crippen molar-refractivity contribution in [2.75, 3.05) is 0 Å². The molecule has 1 N–H and O–H groups in total. The second kappa shape index (κ2) is 4.01. The van der Waals surface area contributed by atoms with Crippen LogP contribution in [0.4, 0.5) is 4.39 Å². The molecule has 2 aromatic rings. The van der Waals surface area contributed by atoms with E-state index in [1.165, 1.54) is 18.2 Å². The monoisotopic (exact) mass is 246 g/mol. The normalized spacial score (nSPS) is 15.6. The molecule has 0 amide bonds. The van der Waals surface area contributed by atoms with E-state index < -0.39 is 5.97 Å². The second-order valence-electron chi connectivity index (χ2n) is 4.53. The number of fused-ring (bicyclic) bond motifs is 1. The van der Waals surface area contributed by atoms with Gasteiger partial charge in [0.1, 0.15) is 5.82 Å². The molecule has 0 saturated heterocycles. The number of hydrogen-bond acceptors (Lipinski definition) is 3. The number of rotatable bonds is 2. The first-order valence-electron chi connectivity index (χ1n) is 5.85. The van der Waals surface area contributed by atoms with Crippen molar-refractivity contribution in [1.82, 2.24) is 9.97 Å². The fourth-order valence-corrected chi connectivity index (χ4v) is 2.21. The Hall–Kier alpha value is -2.04. The third-order valence-corrected chi connectivity index (χ3v) is 3.37. The molecule has 0 bridgehead atoms. The van der Waals surface area contributed by atoms with Crippen LogP contribution in [0, 0.1) is 5.82 Å². The molecule has 1 aromatic heterocycles. The van der Waals surface area contributed by atoms with Gasteiger partial charge in [-0.15, -0.1) is 0 Å². The van der Waals surface area contributed by atoms with Gasteiger partial charge < -0.3 is 5.11 Å². The van der Waals surface area contributed by atoms with Crippen LogP contribution in [-0.4, -0.2) is 21.0 Å². The maximum Gasteiger partial charge on any atom is 0.373 e. The molecule has 5 heteroatoms. The summed E-state index contributed by atoms with van der Waals surface area (Å²) in [5, 5.41) is 9.63. The van der Waals surface area contributed by atoms with Gasteiger partial charge in [0.15, 0.2) is 0 Å². The summed E-state index contributed by atoms with van der Waals surface area (Å²) in [6.45, 7) is 0. The molecule has 1 saturated carbocycles. The minimum absolute atomic E-state index is 0.212. The van der Waals surface area contributed by atoms with Crippen LogP contribution < -0.4 is 0 Å². The lowest BCUT2D eigenvalue weighted by molar-refractivity contribution is 0.0683. The second-order valence-corrected chi connectivity index (χ2v) is 4.53. The first kappa shape index (κ1) is 11.1. The Morgan fingerprint density at radius 3 is 2.72 bits per heavy atom. The number of carboxylic acid groups (broad SMARTS) is 1. The predicted molar refractivity (Wildman–Crippen MR) is 63.0 cm³/mol. The molecule has 4 nitrogen and oxygen atoms in total. The number of carboxylic acids is 1. The Labute approximate surface area is 102 Å². The minimum atomic E-state index is -1.15. The van der Waals surface area contributed by atoms with Crippen molar-refractivity contribution >= 4 is 16.9 Å². The summed E-state index contributed by atoms with van der Waals surface area (Å²) < 4.78 is 13.3. The molecular weight excluding hydrogens is 235 g/mol. The van der Waals surface area contributed by atoms with E-state index >= 15 is 0 Å². The molecule has 0 spiro atoms. The van der Waals surface area contributed by atoms with Gasteiger partial charge in [-0.25, -0.2) is 19.2 Å². The molecule has 1 aromatic carbocycles. The van der Waals surface area contributed by atoms with Crippen LogP contribution in [-0.2, 0) is 0 Å². The zero-order valence-electron chi connectivity index (χ0n) is 9.56. The highest BCUT2D eigenvalue weighted by Crippen LogP contribution is 2.38. The van der Waals surface area contributed by atoms with Gasteiger partial charge in [-0.2, -0.15) is 0 Å². The van der Waals surface area contributed by atoms with Gasteiger partial charge in [-0.3, -0.25) is 0 Å². The Morgan fingerprint density at radius 2 is 2.11 bits per heavy atom. The van der Waals surface area contributed by atoms with Crippen molar-refractivity contribution < 1.29 is 14.3 Å². The van der Waals surface area contributed by atoms with Gasteiger partial charge in [0.2, 0.25) is 5.82 Å². The Kier molecular flexibility index (Phi) is 2.47. The van der Waals surface area contributed by atoms with Crippen LogP contribution >= 0.6 is 0 Å². The molecule has 1 fully saturated rings. The first-order chi connectivity index (χ1) is 8.65. The van der Waals surface area contributed by atoms with Crippen LogP contribution in [0.25, 0.3) is 10.9 Å². The van der Waals surface area contributed by atoms with Crippen LogP contribution in [0.1, 0.15) is 41.5 Å². The van der Waals surface area contributed by atoms with Gasteiger partial charge in [0.05, 0.1) is 11.2 Å².